The third kappa shape index (κ3) is 4.06. The van der Waals surface area contributed by atoms with Crippen LogP contribution in [0.25, 0.3) is 0 Å². The topological polar surface area (TPSA) is 79.3 Å². The van der Waals surface area contributed by atoms with Gasteiger partial charge in [0.2, 0.25) is 0 Å². The molecule has 0 radical (unpaired) electrons. The average Bonchev–Trinajstić information content (AvgIpc) is 2.35. The maximum atomic E-state index is 11.7. The summed E-state index contributed by atoms with van der Waals surface area (Å²) < 4.78 is 0. The van der Waals surface area contributed by atoms with Crippen LogP contribution in [0.3, 0.4) is 0 Å². The van der Waals surface area contributed by atoms with E-state index in [-0.39, 0.29) is 6.42 Å². The van der Waals surface area contributed by atoms with Gasteiger partial charge in [0.25, 0.3) is 5.91 Å². The first kappa shape index (κ1) is 12.9. The number of carboxylic acids is 1. The van der Waals surface area contributed by atoms with Gasteiger partial charge in [-0.1, -0.05) is 12.2 Å². The average molecular weight is 234 g/mol. The minimum Gasteiger partial charge on any atom is -0.480 e. The van der Waals surface area contributed by atoms with Gasteiger partial charge >= 0.3 is 5.97 Å². The van der Waals surface area contributed by atoms with Crippen LogP contribution < -0.4 is 5.32 Å². The monoisotopic (exact) mass is 234 g/mol. The Morgan fingerprint density at radius 2 is 2.35 bits per heavy atom. The zero-order valence-electron chi connectivity index (χ0n) is 9.46. The third-order valence-corrected chi connectivity index (χ3v) is 2.13. The molecule has 5 heteroatoms. The van der Waals surface area contributed by atoms with E-state index in [2.05, 4.69) is 10.3 Å². The van der Waals surface area contributed by atoms with Gasteiger partial charge < -0.3 is 10.4 Å². The van der Waals surface area contributed by atoms with Crippen molar-refractivity contribution in [1.82, 2.24) is 10.3 Å². The van der Waals surface area contributed by atoms with Crippen LogP contribution in [0.15, 0.2) is 36.7 Å². The Labute approximate surface area is 99.2 Å². The number of rotatable bonds is 5. The summed E-state index contributed by atoms with van der Waals surface area (Å²) in [4.78, 5) is 26.4. The van der Waals surface area contributed by atoms with Crippen molar-refractivity contribution < 1.29 is 14.7 Å². The number of hydrogen-bond donors (Lipinski definition) is 2. The highest BCUT2D eigenvalue weighted by Crippen LogP contribution is 2.00. The standard InChI is InChI=1S/C12H14N2O3/c1-2-3-6-10(12(16)17)14-11(15)9-5-4-7-13-8-9/h2-5,7-8,10H,6H2,1H3,(H,14,15)(H,16,17)/b3-2+. The first-order valence-electron chi connectivity index (χ1n) is 5.20. The van der Waals surface area contributed by atoms with E-state index in [1.807, 2.05) is 0 Å². The van der Waals surface area contributed by atoms with Crippen molar-refractivity contribution in [2.24, 2.45) is 0 Å². The number of pyridine rings is 1. The molecular formula is C12H14N2O3. The number of carbonyl (C=O) groups is 2. The summed E-state index contributed by atoms with van der Waals surface area (Å²) in [6, 6.07) is 2.28. The summed E-state index contributed by atoms with van der Waals surface area (Å²) in [6.07, 6.45) is 6.64. The Bertz CT molecular complexity index is 415. The molecule has 1 unspecified atom stereocenters. The van der Waals surface area contributed by atoms with Crippen LogP contribution in [0.1, 0.15) is 23.7 Å². The number of hydrogen-bond acceptors (Lipinski definition) is 3. The zero-order valence-corrected chi connectivity index (χ0v) is 9.46. The van der Waals surface area contributed by atoms with Crippen molar-refractivity contribution >= 4 is 11.9 Å². The fourth-order valence-electron chi connectivity index (χ4n) is 1.23. The van der Waals surface area contributed by atoms with Crippen molar-refractivity contribution in [3.63, 3.8) is 0 Å². The number of carboxylic acid groups (broad SMARTS) is 1. The summed E-state index contributed by atoms with van der Waals surface area (Å²) in [5.41, 5.74) is 0.347. The summed E-state index contributed by atoms with van der Waals surface area (Å²) in [7, 11) is 0. The molecule has 0 aliphatic heterocycles. The van der Waals surface area contributed by atoms with E-state index >= 15 is 0 Å². The molecule has 1 heterocycles. The van der Waals surface area contributed by atoms with Crippen molar-refractivity contribution in [3.8, 4) is 0 Å². The lowest BCUT2D eigenvalue weighted by molar-refractivity contribution is -0.139. The number of carbonyl (C=O) groups excluding carboxylic acids is 1. The number of amides is 1. The molecule has 1 rings (SSSR count). The van der Waals surface area contributed by atoms with Gasteiger partial charge in [-0.2, -0.15) is 0 Å². The molecular weight excluding hydrogens is 220 g/mol. The van der Waals surface area contributed by atoms with E-state index < -0.39 is 17.9 Å². The van der Waals surface area contributed by atoms with Crippen LogP contribution >= 0.6 is 0 Å². The molecule has 0 spiro atoms. The molecule has 17 heavy (non-hydrogen) atoms. The van der Waals surface area contributed by atoms with Crippen molar-refractivity contribution in [1.29, 1.82) is 0 Å². The van der Waals surface area contributed by atoms with Gasteiger partial charge in [-0.15, -0.1) is 0 Å². The largest absolute Gasteiger partial charge is 0.480 e. The van der Waals surface area contributed by atoms with Crippen LogP contribution in [0.5, 0.6) is 0 Å². The van der Waals surface area contributed by atoms with Crippen molar-refractivity contribution in [3.05, 3.63) is 42.2 Å². The van der Waals surface area contributed by atoms with Crippen LogP contribution in [-0.2, 0) is 4.79 Å². The summed E-state index contributed by atoms with van der Waals surface area (Å²) >= 11 is 0. The molecule has 1 amide bonds. The minimum atomic E-state index is -1.06. The van der Waals surface area contributed by atoms with E-state index in [4.69, 9.17) is 5.11 Å². The molecule has 0 aromatic carbocycles. The normalized spacial score (nSPS) is 12.3. The second-order valence-electron chi connectivity index (χ2n) is 3.41. The fourth-order valence-corrected chi connectivity index (χ4v) is 1.23. The second kappa shape index (κ2) is 6.42. The first-order valence-corrected chi connectivity index (χ1v) is 5.20. The van der Waals surface area contributed by atoms with Gasteiger partial charge in [0.05, 0.1) is 5.56 Å². The predicted molar refractivity (Wildman–Crippen MR) is 62.6 cm³/mol. The number of nitrogens with zero attached hydrogens (tertiary/aromatic N) is 1. The molecule has 0 saturated carbocycles. The smallest absolute Gasteiger partial charge is 0.326 e. The van der Waals surface area contributed by atoms with Crippen LogP contribution in [-0.4, -0.2) is 28.0 Å². The molecule has 5 nitrogen and oxygen atoms in total. The Morgan fingerprint density at radius 3 is 2.88 bits per heavy atom. The SMILES string of the molecule is C/C=C/CC(NC(=O)c1cccnc1)C(=O)O. The van der Waals surface area contributed by atoms with E-state index in [0.29, 0.717) is 5.56 Å². The number of allylic oxidation sites excluding steroid dienone is 1. The van der Waals surface area contributed by atoms with Crippen molar-refractivity contribution in [2.75, 3.05) is 0 Å². The second-order valence-corrected chi connectivity index (χ2v) is 3.41. The molecule has 0 aliphatic rings. The highest BCUT2D eigenvalue weighted by atomic mass is 16.4. The van der Waals surface area contributed by atoms with Gasteiger partial charge in [-0.3, -0.25) is 9.78 Å². The van der Waals surface area contributed by atoms with Gasteiger partial charge in [0, 0.05) is 12.4 Å². The lowest BCUT2D eigenvalue weighted by Crippen LogP contribution is -2.40. The van der Waals surface area contributed by atoms with E-state index in [1.54, 1.807) is 37.4 Å². The highest BCUT2D eigenvalue weighted by molar-refractivity contribution is 5.96. The Balaban J connectivity index is 2.68. The van der Waals surface area contributed by atoms with Crippen LogP contribution in [0.2, 0.25) is 0 Å². The molecule has 0 fully saturated rings. The number of aromatic nitrogens is 1. The molecule has 0 bridgehead atoms. The van der Waals surface area contributed by atoms with Crippen LogP contribution in [0, 0.1) is 0 Å². The molecule has 1 aromatic rings. The summed E-state index contributed by atoms with van der Waals surface area (Å²) in [5.74, 6) is -1.49. The lowest BCUT2D eigenvalue weighted by atomic mass is 10.1. The Kier molecular flexibility index (Phi) is 4.87. The van der Waals surface area contributed by atoms with E-state index in [1.165, 1.54) is 6.20 Å². The van der Waals surface area contributed by atoms with Crippen molar-refractivity contribution in [2.45, 2.75) is 19.4 Å². The quantitative estimate of drug-likeness (QED) is 0.751. The molecule has 0 saturated heterocycles. The minimum absolute atomic E-state index is 0.262. The zero-order chi connectivity index (χ0) is 12.7. The third-order valence-electron chi connectivity index (χ3n) is 2.13. The number of aliphatic carboxylic acids is 1. The Morgan fingerprint density at radius 1 is 1.59 bits per heavy atom. The predicted octanol–water partition coefficient (Wildman–Crippen LogP) is 1.23. The van der Waals surface area contributed by atoms with Gasteiger partial charge in [0.15, 0.2) is 0 Å². The Hall–Kier alpha value is -2.17. The van der Waals surface area contributed by atoms with E-state index in [0.717, 1.165) is 0 Å². The molecule has 2 N–H and O–H groups in total. The number of nitrogens with one attached hydrogen (secondary N) is 1. The summed E-state index contributed by atoms with van der Waals surface area (Å²) in [5, 5.41) is 11.4. The molecule has 1 aromatic heterocycles. The van der Waals surface area contributed by atoms with Gasteiger partial charge in [-0.25, -0.2) is 4.79 Å². The van der Waals surface area contributed by atoms with Gasteiger partial charge in [-0.05, 0) is 25.5 Å². The van der Waals surface area contributed by atoms with Gasteiger partial charge in [0.1, 0.15) is 6.04 Å². The van der Waals surface area contributed by atoms with E-state index in [9.17, 15) is 9.59 Å². The molecule has 90 valence electrons. The molecule has 0 aliphatic carbocycles. The summed E-state index contributed by atoms with van der Waals surface area (Å²) in [6.45, 7) is 1.79. The fraction of sp³-hybridized carbons (Fsp3) is 0.250. The maximum absolute atomic E-state index is 11.7. The maximum Gasteiger partial charge on any atom is 0.326 e. The lowest BCUT2D eigenvalue weighted by Gasteiger charge is -2.12. The first-order chi connectivity index (χ1) is 8.15. The highest BCUT2D eigenvalue weighted by Gasteiger charge is 2.18. The molecule has 1 atom stereocenters. The van der Waals surface area contributed by atoms with Crippen LogP contribution in [0.4, 0.5) is 0 Å².